The molecule has 1 spiro atoms. The molecule has 190 valence electrons. The lowest BCUT2D eigenvalue weighted by Crippen LogP contribution is -2.65. The summed E-state index contributed by atoms with van der Waals surface area (Å²) in [6.07, 6.45) is 5.83. The second-order valence-electron chi connectivity index (χ2n) is 12.0. The van der Waals surface area contributed by atoms with Gasteiger partial charge in [0.05, 0.1) is 11.9 Å². The molecule has 0 radical (unpaired) electrons. The van der Waals surface area contributed by atoms with E-state index in [-0.39, 0.29) is 46.8 Å². The maximum Gasteiger partial charge on any atom is 0.335 e. The second-order valence-corrected chi connectivity index (χ2v) is 12.0. The fourth-order valence-electron chi connectivity index (χ4n) is 9.27. The van der Waals surface area contributed by atoms with Crippen LogP contribution in [0.5, 0.6) is 0 Å². The molecule has 0 bridgehead atoms. The van der Waals surface area contributed by atoms with Gasteiger partial charge in [-0.25, -0.2) is 4.79 Å². The summed E-state index contributed by atoms with van der Waals surface area (Å²) >= 11 is 0. The molecule has 1 aromatic heterocycles. The number of hydrogen-bond donors (Lipinski definition) is 1. The molecule has 4 aliphatic carbocycles. The van der Waals surface area contributed by atoms with Crippen LogP contribution < -0.4 is 5.63 Å². The maximum absolute atomic E-state index is 12.1. The molecule has 0 amide bonds. The summed E-state index contributed by atoms with van der Waals surface area (Å²) in [5, 5.41) is 11.9. The molecule has 8 heteroatoms. The zero-order valence-electron chi connectivity index (χ0n) is 20.5. The Balaban J connectivity index is 1.38. The minimum absolute atomic E-state index is 0.138. The van der Waals surface area contributed by atoms with Gasteiger partial charge in [-0.3, -0.25) is 9.59 Å². The lowest BCUT2D eigenvalue weighted by Gasteiger charge is -2.64. The van der Waals surface area contributed by atoms with Gasteiger partial charge in [0, 0.05) is 30.7 Å². The number of carbonyl (C=O) groups excluding carboxylic acids is 2. The molecule has 4 saturated carbocycles. The van der Waals surface area contributed by atoms with E-state index in [0.29, 0.717) is 19.3 Å². The van der Waals surface area contributed by atoms with E-state index in [9.17, 15) is 19.5 Å². The minimum atomic E-state index is -0.884. The molecule has 6 rings (SSSR count). The van der Waals surface area contributed by atoms with Gasteiger partial charge >= 0.3 is 11.6 Å². The van der Waals surface area contributed by atoms with Gasteiger partial charge in [0.2, 0.25) is 0 Å². The highest BCUT2D eigenvalue weighted by Crippen LogP contribution is 2.78. The molecule has 2 heterocycles. The van der Waals surface area contributed by atoms with Gasteiger partial charge in [-0.15, -0.1) is 0 Å². The largest absolute Gasteiger partial charge is 0.464 e. The molecular formula is C27H34O8. The molecule has 1 aliphatic heterocycles. The van der Waals surface area contributed by atoms with E-state index in [0.717, 1.165) is 37.7 Å². The number of epoxide rings is 1. The molecule has 0 unspecified atom stereocenters. The summed E-state index contributed by atoms with van der Waals surface area (Å²) in [5.74, 6) is -0.0121. The van der Waals surface area contributed by atoms with Crippen LogP contribution in [0.3, 0.4) is 0 Å². The third-order valence-corrected chi connectivity index (χ3v) is 10.8. The van der Waals surface area contributed by atoms with Crippen LogP contribution in [-0.2, 0) is 23.8 Å². The third-order valence-electron chi connectivity index (χ3n) is 10.8. The van der Waals surface area contributed by atoms with E-state index in [1.165, 1.54) is 19.3 Å². The standard InChI is InChI=1S/C27H34O8/c1-15(29)34-22-21(16-4-5-20(30)32-13-16)25(3)10-7-18-19(27(25)23(22)35-27)8-11-26(31)12-17(33-14-28)6-9-24(18,26)2/h4-5,13-14,17-19,21-23,31H,6-12H2,1-3H3/t17-,18-,19+,21-,22+,23+,24+,25+,26-,27+/m0/s1. The molecule has 1 aromatic rings. The lowest BCUT2D eigenvalue weighted by atomic mass is 9.42. The van der Waals surface area contributed by atoms with Crippen molar-refractivity contribution >= 4 is 12.4 Å². The van der Waals surface area contributed by atoms with Crippen LogP contribution >= 0.6 is 0 Å². The maximum atomic E-state index is 12.1. The van der Waals surface area contributed by atoms with Gasteiger partial charge in [-0.2, -0.15) is 0 Å². The summed E-state index contributed by atoms with van der Waals surface area (Å²) in [6, 6.07) is 3.21. The number of esters is 1. The van der Waals surface area contributed by atoms with Crippen molar-refractivity contribution in [2.24, 2.45) is 22.7 Å². The zero-order valence-corrected chi connectivity index (χ0v) is 20.5. The number of ether oxygens (including phenoxy) is 3. The van der Waals surface area contributed by atoms with Gasteiger partial charge in [0.15, 0.2) is 0 Å². The van der Waals surface area contributed by atoms with E-state index in [4.69, 9.17) is 18.6 Å². The molecule has 10 atom stereocenters. The Morgan fingerprint density at radius 1 is 1.11 bits per heavy atom. The van der Waals surface area contributed by atoms with E-state index < -0.39 is 22.9 Å². The van der Waals surface area contributed by atoms with Crippen LogP contribution in [0, 0.1) is 22.7 Å². The Morgan fingerprint density at radius 2 is 1.86 bits per heavy atom. The van der Waals surface area contributed by atoms with Gasteiger partial charge < -0.3 is 23.7 Å². The first kappa shape index (κ1) is 23.2. The highest BCUT2D eigenvalue weighted by atomic mass is 16.7. The van der Waals surface area contributed by atoms with Crippen molar-refractivity contribution in [1.29, 1.82) is 0 Å². The molecule has 5 fully saturated rings. The SMILES string of the molecule is CC(=O)O[C@H]1[C@H]2O[C@]23[C@@H]2CC[C@]4(O)C[C@@H](OC=O)CC[C@]4(C)[C@H]2CC[C@]3(C)[C@H]1c1ccc(=O)oc1. The third kappa shape index (κ3) is 2.90. The fourth-order valence-corrected chi connectivity index (χ4v) is 9.27. The first-order chi connectivity index (χ1) is 16.6. The monoisotopic (exact) mass is 486 g/mol. The van der Waals surface area contributed by atoms with Crippen molar-refractivity contribution in [1.82, 2.24) is 0 Å². The van der Waals surface area contributed by atoms with Crippen molar-refractivity contribution in [3.63, 3.8) is 0 Å². The highest BCUT2D eigenvalue weighted by molar-refractivity contribution is 5.66. The second kappa shape index (κ2) is 7.42. The molecular weight excluding hydrogens is 452 g/mol. The summed E-state index contributed by atoms with van der Waals surface area (Å²) in [7, 11) is 0. The average molecular weight is 487 g/mol. The van der Waals surface area contributed by atoms with Crippen molar-refractivity contribution in [3.05, 3.63) is 34.4 Å². The summed E-state index contributed by atoms with van der Waals surface area (Å²) in [6.45, 7) is 6.36. The summed E-state index contributed by atoms with van der Waals surface area (Å²) < 4.78 is 23.0. The van der Waals surface area contributed by atoms with Crippen molar-refractivity contribution in [2.75, 3.05) is 0 Å². The van der Waals surface area contributed by atoms with E-state index in [2.05, 4.69) is 13.8 Å². The Hall–Kier alpha value is -2.19. The van der Waals surface area contributed by atoms with Crippen LogP contribution in [0.2, 0.25) is 0 Å². The van der Waals surface area contributed by atoms with Gasteiger partial charge in [0.25, 0.3) is 6.47 Å². The fraction of sp³-hybridized carbons (Fsp3) is 0.741. The molecule has 0 aromatic carbocycles. The first-order valence-electron chi connectivity index (χ1n) is 12.8. The predicted molar refractivity (Wildman–Crippen MR) is 122 cm³/mol. The van der Waals surface area contributed by atoms with Crippen molar-refractivity contribution in [2.45, 2.75) is 101 Å². The lowest BCUT2D eigenvalue weighted by molar-refractivity contribution is -0.226. The molecule has 8 nitrogen and oxygen atoms in total. The molecule has 1 saturated heterocycles. The highest BCUT2D eigenvalue weighted by Gasteiger charge is 2.85. The normalized spacial score (nSPS) is 49.6. The van der Waals surface area contributed by atoms with Gasteiger partial charge in [-0.05, 0) is 67.4 Å². The average Bonchev–Trinajstić information content (AvgIpc) is 3.50. The first-order valence-corrected chi connectivity index (χ1v) is 12.8. The molecule has 1 N–H and O–H groups in total. The van der Waals surface area contributed by atoms with Crippen molar-refractivity contribution < 1.29 is 33.3 Å². The van der Waals surface area contributed by atoms with Crippen LogP contribution in [0.1, 0.15) is 77.2 Å². The number of hydrogen-bond acceptors (Lipinski definition) is 8. The Morgan fingerprint density at radius 3 is 2.54 bits per heavy atom. The number of rotatable bonds is 4. The van der Waals surface area contributed by atoms with Gasteiger partial charge in [-0.1, -0.05) is 13.8 Å². The molecule has 5 aliphatic rings. The topological polar surface area (TPSA) is 116 Å². The smallest absolute Gasteiger partial charge is 0.335 e. The summed E-state index contributed by atoms with van der Waals surface area (Å²) in [5.41, 5.74) is -1.49. The zero-order chi connectivity index (χ0) is 24.8. The predicted octanol–water partition coefficient (Wildman–Crippen LogP) is 3.10. The minimum Gasteiger partial charge on any atom is -0.464 e. The van der Waals surface area contributed by atoms with Gasteiger partial charge in [0.1, 0.15) is 23.9 Å². The van der Waals surface area contributed by atoms with Crippen LogP contribution in [-0.4, -0.2) is 47.1 Å². The Kier molecular flexibility index (Phi) is 4.92. The van der Waals surface area contributed by atoms with E-state index >= 15 is 0 Å². The quantitative estimate of drug-likeness (QED) is 0.392. The Bertz CT molecular complexity index is 1090. The Labute approximate surface area is 204 Å². The van der Waals surface area contributed by atoms with Crippen molar-refractivity contribution in [3.8, 4) is 0 Å². The van der Waals surface area contributed by atoms with E-state index in [1.54, 1.807) is 6.07 Å². The summed E-state index contributed by atoms with van der Waals surface area (Å²) in [4.78, 5) is 34.7. The van der Waals surface area contributed by atoms with Crippen LogP contribution in [0.15, 0.2) is 27.6 Å². The number of aliphatic hydroxyl groups is 1. The van der Waals surface area contributed by atoms with Crippen LogP contribution in [0.25, 0.3) is 0 Å². The van der Waals surface area contributed by atoms with Crippen LogP contribution in [0.4, 0.5) is 0 Å². The number of fused-ring (bicyclic) bond motifs is 3. The number of carbonyl (C=O) groups is 2. The van der Waals surface area contributed by atoms with E-state index in [1.807, 2.05) is 0 Å². The molecule has 35 heavy (non-hydrogen) atoms.